The molecule has 0 fully saturated rings. The predicted molar refractivity (Wildman–Crippen MR) is 52.8 cm³/mol. The molecule has 1 unspecified atom stereocenters. The minimum absolute atomic E-state index is 0.300. The Morgan fingerprint density at radius 3 is 2.69 bits per heavy atom. The van der Waals surface area contributed by atoms with Crippen LogP contribution in [0.15, 0.2) is 42.5 Å². The van der Waals surface area contributed by atoms with Crippen molar-refractivity contribution in [2.45, 2.75) is 13.0 Å². The average molecular weight is 178 g/mol. The van der Waals surface area contributed by atoms with Crippen LogP contribution in [0.1, 0.15) is 6.92 Å². The highest BCUT2D eigenvalue weighted by molar-refractivity contribution is 5.20. The molecule has 0 spiro atoms. The summed E-state index contributed by atoms with van der Waals surface area (Å²) in [5.41, 5.74) is 0. The van der Waals surface area contributed by atoms with Gasteiger partial charge in [-0.25, -0.2) is 0 Å². The summed E-state index contributed by atoms with van der Waals surface area (Å²) in [5.74, 6) is 0.783. The van der Waals surface area contributed by atoms with E-state index >= 15 is 0 Å². The molecule has 1 rings (SSSR count). The largest absolute Gasteiger partial charge is 0.491 e. The second kappa shape index (κ2) is 5.38. The van der Waals surface area contributed by atoms with Crippen LogP contribution in [0, 0.1) is 0 Å². The van der Waals surface area contributed by atoms with Crippen LogP contribution in [0.4, 0.5) is 0 Å². The van der Waals surface area contributed by atoms with E-state index in [0.29, 0.717) is 6.61 Å². The molecule has 2 nitrogen and oxygen atoms in total. The zero-order chi connectivity index (χ0) is 9.52. The van der Waals surface area contributed by atoms with E-state index in [0.717, 1.165) is 5.75 Å². The molecule has 13 heavy (non-hydrogen) atoms. The molecule has 0 aromatic heterocycles. The van der Waals surface area contributed by atoms with Crippen molar-refractivity contribution in [2.75, 3.05) is 6.61 Å². The van der Waals surface area contributed by atoms with Crippen molar-refractivity contribution >= 4 is 0 Å². The number of rotatable bonds is 4. The Balaban J connectivity index is 2.35. The molecular formula is C11H14O2. The van der Waals surface area contributed by atoms with Gasteiger partial charge in [0.05, 0.1) is 0 Å². The second-order valence-corrected chi connectivity index (χ2v) is 2.72. The molecule has 0 amide bonds. The van der Waals surface area contributed by atoms with E-state index in [4.69, 9.17) is 4.74 Å². The maximum absolute atomic E-state index is 9.30. The summed E-state index contributed by atoms with van der Waals surface area (Å²) in [7, 11) is 0. The van der Waals surface area contributed by atoms with Gasteiger partial charge in [-0.1, -0.05) is 30.4 Å². The van der Waals surface area contributed by atoms with Crippen molar-refractivity contribution < 1.29 is 9.84 Å². The molecular weight excluding hydrogens is 164 g/mol. The molecule has 0 aliphatic rings. The number of para-hydroxylation sites is 1. The van der Waals surface area contributed by atoms with Gasteiger partial charge in [-0.3, -0.25) is 0 Å². The Morgan fingerprint density at radius 2 is 2.08 bits per heavy atom. The second-order valence-electron chi connectivity index (χ2n) is 2.72. The van der Waals surface area contributed by atoms with Crippen LogP contribution in [0.25, 0.3) is 0 Å². The Kier molecular flexibility index (Phi) is 4.06. The molecule has 1 aromatic rings. The summed E-state index contributed by atoms with van der Waals surface area (Å²) in [6.45, 7) is 2.17. The lowest BCUT2D eigenvalue weighted by Crippen LogP contribution is -2.14. The lowest BCUT2D eigenvalue weighted by atomic mass is 10.3. The molecule has 0 aliphatic heterocycles. The molecule has 0 saturated carbocycles. The minimum atomic E-state index is -0.523. The van der Waals surface area contributed by atoms with E-state index in [9.17, 15) is 5.11 Å². The predicted octanol–water partition coefficient (Wildman–Crippen LogP) is 2.00. The summed E-state index contributed by atoms with van der Waals surface area (Å²) >= 11 is 0. The van der Waals surface area contributed by atoms with Gasteiger partial charge in [-0.2, -0.15) is 0 Å². The highest BCUT2D eigenvalue weighted by Gasteiger charge is 1.98. The van der Waals surface area contributed by atoms with Gasteiger partial charge in [0.15, 0.2) is 0 Å². The van der Waals surface area contributed by atoms with Crippen LogP contribution in [-0.2, 0) is 0 Å². The third-order valence-corrected chi connectivity index (χ3v) is 1.58. The molecule has 2 heteroatoms. The first-order chi connectivity index (χ1) is 6.33. The zero-order valence-corrected chi connectivity index (χ0v) is 7.68. The van der Waals surface area contributed by atoms with E-state index in [-0.39, 0.29) is 0 Å². The fourth-order valence-electron chi connectivity index (χ4n) is 0.976. The first kappa shape index (κ1) is 9.81. The van der Waals surface area contributed by atoms with Crippen molar-refractivity contribution in [2.24, 2.45) is 0 Å². The Morgan fingerprint density at radius 1 is 1.38 bits per heavy atom. The summed E-state index contributed by atoms with van der Waals surface area (Å²) in [4.78, 5) is 0. The number of allylic oxidation sites excluding steroid dienone is 1. The normalized spacial score (nSPS) is 13.1. The summed E-state index contributed by atoms with van der Waals surface area (Å²) in [5, 5.41) is 9.30. The van der Waals surface area contributed by atoms with Gasteiger partial charge in [0, 0.05) is 0 Å². The number of benzene rings is 1. The van der Waals surface area contributed by atoms with Gasteiger partial charge in [-0.05, 0) is 19.1 Å². The summed E-state index contributed by atoms with van der Waals surface area (Å²) in [6.07, 6.45) is 2.98. The van der Waals surface area contributed by atoms with E-state index in [1.165, 1.54) is 0 Å². The van der Waals surface area contributed by atoms with Gasteiger partial charge >= 0.3 is 0 Å². The molecule has 1 aromatic carbocycles. The molecule has 0 radical (unpaired) electrons. The lowest BCUT2D eigenvalue weighted by molar-refractivity contribution is 0.144. The topological polar surface area (TPSA) is 29.5 Å². The fraction of sp³-hybridized carbons (Fsp3) is 0.273. The van der Waals surface area contributed by atoms with Gasteiger partial charge in [-0.15, -0.1) is 0 Å². The van der Waals surface area contributed by atoms with E-state index in [1.54, 1.807) is 12.2 Å². The monoisotopic (exact) mass is 178 g/mol. The summed E-state index contributed by atoms with van der Waals surface area (Å²) in [6, 6.07) is 9.45. The Bertz CT molecular complexity index is 254. The first-order valence-corrected chi connectivity index (χ1v) is 4.31. The van der Waals surface area contributed by atoms with Crippen LogP contribution in [0.3, 0.4) is 0 Å². The molecule has 1 atom stereocenters. The average Bonchev–Trinajstić information content (AvgIpc) is 2.17. The van der Waals surface area contributed by atoms with Crippen LogP contribution in [0.5, 0.6) is 5.75 Å². The maximum atomic E-state index is 9.30. The molecule has 70 valence electrons. The Hall–Kier alpha value is -1.28. The first-order valence-electron chi connectivity index (χ1n) is 4.31. The third kappa shape index (κ3) is 3.76. The smallest absolute Gasteiger partial charge is 0.119 e. The molecule has 0 heterocycles. The quantitative estimate of drug-likeness (QED) is 0.714. The SMILES string of the molecule is C/C=C/C(O)COc1ccccc1. The number of hydrogen-bond donors (Lipinski definition) is 1. The number of ether oxygens (including phenoxy) is 1. The Labute approximate surface area is 78.5 Å². The number of aliphatic hydroxyl groups is 1. The van der Waals surface area contributed by atoms with Crippen LogP contribution >= 0.6 is 0 Å². The maximum Gasteiger partial charge on any atom is 0.119 e. The van der Waals surface area contributed by atoms with E-state index < -0.39 is 6.10 Å². The van der Waals surface area contributed by atoms with Crippen molar-refractivity contribution in [3.05, 3.63) is 42.5 Å². The van der Waals surface area contributed by atoms with Gasteiger partial charge in [0.1, 0.15) is 18.5 Å². The van der Waals surface area contributed by atoms with Gasteiger partial charge < -0.3 is 9.84 Å². The number of hydrogen-bond acceptors (Lipinski definition) is 2. The molecule has 1 N–H and O–H groups in total. The van der Waals surface area contributed by atoms with Crippen molar-refractivity contribution in [3.8, 4) is 5.75 Å². The van der Waals surface area contributed by atoms with E-state index in [2.05, 4.69) is 0 Å². The molecule has 0 bridgehead atoms. The molecule has 0 aliphatic carbocycles. The highest BCUT2D eigenvalue weighted by atomic mass is 16.5. The summed E-state index contributed by atoms with van der Waals surface area (Å²) < 4.78 is 5.32. The highest BCUT2D eigenvalue weighted by Crippen LogP contribution is 2.08. The van der Waals surface area contributed by atoms with E-state index in [1.807, 2.05) is 37.3 Å². The standard InChI is InChI=1S/C11H14O2/c1-2-6-10(12)9-13-11-7-4-3-5-8-11/h2-8,10,12H,9H2,1H3/b6-2+. The minimum Gasteiger partial charge on any atom is -0.491 e. The van der Waals surface area contributed by atoms with Crippen LogP contribution < -0.4 is 4.74 Å². The molecule has 0 saturated heterocycles. The zero-order valence-electron chi connectivity index (χ0n) is 7.68. The fourth-order valence-corrected chi connectivity index (χ4v) is 0.976. The third-order valence-electron chi connectivity index (χ3n) is 1.58. The number of aliphatic hydroxyl groups excluding tert-OH is 1. The van der Waals surface area contributed by atoms with Gasteiger partial charge in [0.25, 0.3) is 0 Å². The van der Waals surface area contributed by atoms with Crippen LogP contribution in [0.2, 0.25) is 0 Å². The lowest BCUT2D eigenvalue weighted by Gasteiger charge is -2.07. The van der Waals surface area contributed by atoms with Crippen molar-refractivity contribution in [3.63, 3.8) is 0 Å². The van der Waals surface area contributed by atoms with Gasteiger partial charge in [0.2, 0.25) is 0 Å². The van der Waals surface area contributed by atoms with Crippen molar-refractivity contribution in [1.82, 2.24) is 0 Å². The van der Waals surface area contributed by atoms with Crippen molar-refractivity contribution in [1.29, 1.82) is 0 Å². The van der Waals surface area contributed by atoms with Crippen LogP contribution in [-0.4, -0.2) is 17.8 Å².